The third kappa shape index (κ3) is 8.94. The molecule has 37 heavy (non-hydrogen) atoms. The van der Waals surface area contributed by atoms with Crippen molar-refractivity contribution in [2.24, 2.45) is 5.92 Å². The van der Waals surface area contributed by atoms with Gasteiger partial charge in [0, 0.05) is 18.3 Å². The van der Waals surface area contributed by atoms with E-state index in [2.05, 4.69) is 23.3 Å². The maximum absolute atomic E-state index is 13.9. The highest BCUT2D eigenvalue weighted by molar-refractivity contribution is 7.80. The van der Waals surface area contributed by atoms with Crippen molar-refractivity contribution in [1.82, 2.24) is 15.5 Å². The molecule has 0 aromatic heterocycles. The van der Waals surface area contributed by atoms with Crippen molar-refractivity contribution in [3.05, 3.63) is 34.9 Å². The Kier molecular flexibility index (Phi) is 10.8. The molecule has 0 bridgehead atoms. The van der Waals surface area contributed by atoms with Gasteiger partial charge in [-0.05, 0) is 65.0 Å². The molecule has 2 rings (SSSR count). The summed E-state index contributed by atoms with van der Waals surface area (Å²) in [6.45, 7) is 13.1. The summed E-state index contributed by atoms with van der Waals surface area (Å²) in [5.74, 6) is -1.01. The minimum Gasteiger partial charge on any atom is -0.466 e. The SMILES string of the molecule is CCOC(=O)CCNC(=O)C(c1cc(C)ccc1C)N(C(=O)C(CS)NC(=O)OC(C)(C)C)C1CC1C. The van der Waals surface area contributed by atoms with E-state index in [9.17, 15) is 19.2 Å². The molecular formula is C27H41N3O6S. The molecule has 4 unspecified atom stereocenters. The van der Waals surface area contributed by atoms with Crippen LogP contribution in [0, 0.1) is 19.8 Å². The Hall–Kier alpha value is -2.75. The number of rotatable bonds is 11. The number of amides is 3. The number of aryl methyl sites for hydroxylation is 2. The Morgan fingerprint density at radius 2 is 1.84 bits per heavy atom. The Labute approximate surface area is 225 Å². The second kappa shape index (κ2) is 13.2. The molecule has 206 valence electrons. The average Bonchev–Trinajstić information content (AvgIpc) is 3.51. The van der Waals surface area contributed by atoms with Crippen LogP contribution in [0.3, 0.4) is 0 Å². The molecule has 9 nitrogen and oxygen atoms in total. The number of esters is 1. The lowest BCUT2D eigenvalue weighted by atomic mass is 9.96. The van der Waals surface area contributed by atoms with Crippen molar-refractivity contribution in [2.45, 2.75) is 85.0 Å². The first-order valence-corrected chi connectivity index (χ1v) is 13.3. The van der Waals surface area contributed by atoms with Gasteiger partial charge >= 0.3 is 12.1 Å². The molecule has 1 aromatic rings. The van der Waals surface area contributed by atoms with Crippen LogP contribution in [0.2, 0.25) is 0 Å². The Morgan fingerprint density at radius 1 is 1.19 bits per heavy atom. The van der Waals surface area contributed by atoms with Gasteiger partial charge in [-0.15, -0.1) is 0 Å². The highest BCUT2D eigenvalue weighted by Crippen LogP contribution is 2.41. The van der Waals surface area contributed by atoms with Crippen LogP contribution >= 0.6 is 12.6 Å². The van der Waals surface area contributed by atoms with Crippen LogP contribution in [0.15, 0.2) is 18.2 Å². The summed E-state index contributed by atoms with van der Waals surface area (Å²) in [4.78, 5) is 53.4. The van der Waals surface area contributed by atoms with Crippen LogP contribution in [-0.2, 0) is 23.9 Å². The zero-order chi connectivity index (χ0) is 27.9. The number of hydrogen-bond acceptors (Lipinski definition) is 7. The first-order valence-electron chi connectivity index (χ1n) is 12.7. The highest BCUT2D eigenvalue weighted by Gasteiger charge is 2.48. The quantitative estimate of drug-likeness (QED) is 0.295. The number of thiol groups is 1. The molecule has 1 aromatic carbocycles. The van der Waals surface area contributed by atoms with Gasteiger partial charge in [-0.1, -0.05) is 30.7 Å². The zero-order valence-electron chi connectivity index (χ0n) is 22.9. The van der Waals surface area contributed by atoms with Crippen molar-refractivity contribution >= 4 is 36.5 Å². The maximum atomic E-state index is 13.9. The topological polar surface area (TPSA) is 114 Å². The second-order valence-electron chi connectivity index (χ2n) is 10.5. The molecule has 1 saturated carbocycles. The molecule has 1 aliphatic rings. The molecule has 0 heterocycles. The van der Waals surface area contributed by atoms with Crippen molar-refractivity contribution in [2.75, 3.05) is 18.9 Å². The summed E-state index contributed by atoms with van der Waals surface area (Å²) in [6.07, 6.45) is 0.0206. The molecule has 4 atom stereocenters. The predicted molar refractivity (Wildman–Crippen MR) is 144 cm³/mol. The van der Waals surface area contributed by atoms with Crippen molar-refractivity contribution in [3.63, 3.8) is 0 Å². The number of carbonyl (C=O) groups is 4. The van der Waals surface area contributed by atoms with Gasteiger partial charge in [-0.2, -0.15) is 12.6 Å². The van der Waals surface area contributed by atoms with Gasteiger partial charge in [-0.3, -0.25) is 14.4 Å². The van der Waals surface area contributed by atoms with E-state index in [1.54, 1.807) is 32.6 Å². The third-order valence-corrected chi connectivity index (χ3v) is 6.41. The van der Waals surface area contributed by atoms with Crippen LogP contribution in [0.4, 0.5) is 4.79 Å². The molecular weight excluding hydrogens is 494 g/mol. The van der Waals surface area contributed by atoms with E-state index >= 15 is 0 Å². The smallest absolute Gasteiger partial charge is 0.408 e. The third-order valence-electron chi connectivity index (χ3n) is 6.04. The fraction of sp³-hybridized carbons (Fsp3) is 0.630. The van der Waals surface area contributed by atoms with E-state index in [0.29, 0.717) is 5.56 Å². The van der Waals surface area contributed by atoms with Gasteiger partial charge in [0.25, 0.3) is 0 Å². The van der Waals surface area contributed by atoms with Gasteiger partial charge < -0.3 is 25.0 Å². The van der Waals surface area contributed by atoms with Gasteiger partial charge in [0.05, 0.1) is 13.0 Å². The normalized spacial score (nSPS) is 18.3. The summed E-state index contributed by atoms with van der Waals surface area (Å²) >= 11 is 4.32. The Bertz CT molecular complexity index is 993. The van der Waals surface area contributed by atoms with Crippen molar-refractivity contribution in [1.29, 1.82) is 0 Å². The molecule has 0 radical (unpaired) electrons. The van der Waals surface area contributed by atoms with Crippen LogP contribution in [0.25, 0.3) is 0 Å². The standard InChI is InChI=1S/C27H41N3O6S/c1-8-35-22(31)11-12-28-24(32)23(19-13-16(2)9-10-17(19)3)30(21-14-18(21)4)25(33)20(15-37)29-26(34)36-27(5,6)7/h9-10,13,18,20-21,23,37H,8,11-12,14-15H2,1-7H3,(H,28,32)(H,29,34). The number of carbonyl (C=O) groups excluding carboxylic acids is 4. The zero-order valence-corrected chi connectivity index (χ0v) is 23.8. The Morgan fingerprint density at radius 3 is 2.38 bits per heavy atom. The van der Waals surface area contributed by atoms with Gasteiger partial charge in [0.2, 0.25) is 11.8 Å². The van der Waals surface area contributed by atoms with E-state index in [4.69, 9.17) is 9.47 Å². The van der Waals surface area contributed by atoms with Gasteiger partial charge in [0.1, 0.15) is 17.7 Å². The van der Waals surface area contributed by atoms with Crippen LogP contribution in [-0.4, -0.2) is 65.4 Å². The van der Waals surface area contributed by atoms with Gasteiger partial charge in [-0.25, -0.2) is 4.79 Å². The van der Waals surface area contributed by atoms with E-state index < -0.39 is 41.6 Å². The molecule has 0 spiro atoms. The largest absolute Gasteiger partial charge is 0.466 e. The van der Waals surface area contributed by atoms with E-state index in [0.717, 1.165) is 17.5 Å². The molecule has 1 aliphatic carbocycles. The summed E-state index contributed by atoms with van der Waals surface area (Å²) < 4.78 is 10.3. The second-order valence-corrected chi connectivity index (χ2v) is 10.9. The fourth-order valence-electron chi connectivity index (χ4n) is 4.08. The lowest BCUT2D eigenvalue weighted by Gasteiger charge is -2.35. The van der Waals surface area contributed by atoms with Crippen molar-refractivity contribution < 1.29 is 28.7 Å². The number of hydrogen-bond donors (Lipinski definition) is 3. The summed E-state index contributed by atoms with van der Waals surface area (Å²) in [6, 6.07) is 3.63. The monoisotopic (exact) mass is 535 g/mol. The number of alkyl carbamates (subject to hydrolysis) is 1. The van der Waals surface area contributed by atoms with E-state index in [-0.39, 0.29) is 37.3 Å². The minimum atomic E-state index is -0.995. The van der Waals surface area contributed by atoms with Gasteiger partial charge in [0.15, 0.2) is 0 Å². The molecule has 10 heteroatoms. The molecule has 2 N–H and O–H groups in total. The van der Waals surface area contributed by atoms with E-state index in [1.807, 2.05) is 39.0 Å². The summed E-state index contributed by atoms with van der Waals surface area (Å²) in [5.41, 5.74) is 1.75. The summed E-state index contributed by atoms with van der Waals surface area (Å²) in [5, 5.41) is 5.44. The van der Waals surface area contributed by atoms with Crippen LogP contribution in [0.1, 0.15) is 70.2 Å². The molecule has 1 fully saturated rings. The first-order chi connectivity index (χ1) is 17.3. The number of nitrogens with one attached hydrogen (secondary N) is 2. The minimum absolute atomic E-state index is 0.0202. The number of ether oxygens (including phenoxy) is 2. The summed E-state index contributed by atoms with van der Waals surface area (Å²) in [7, 11) is 0. The first kappa shape index (κ1) is 30.5. The molecule has 3 amide bonds. The van der Waals surface area contributed by atoms with Crippen LogP contribution in [0.5, 0.6) is 0 Å². The Balaban J connectivity index is 2.41. The highest BCUT2D eigenvalue weighted by atomic mass is 32.1. The number of benzene rings is 1. The van der Waals surface area contributed by atoms with E-state index in [1.165, 1.54) is 0 Å². The van der Waals surface area contributed by atoms with Crippen LogP contribution < -0.4 is 10.6 Å². The molecule has 0 saturated heterocycles. The lowest BCUT2D eigenvalue weighted by Crippen LogP contribution is -2.55. The fourth-order valence-corrected chi connectivity index (χ4v) is 4.32. The predicted octanol–water partition coefficient (Wildman–Crippen LogP) is 3.47. The number of nitrogens with zero attached hydrogens (tertiary/aromatic N) is 1. The van der Waals surface area contributed by atoms with Crippen molar-refractivity contribution in [3.8, 4) is 0 Å². The average molecular weight is 536 g/mol. The lowest BCUT2D eigenvalue weighted by molar-refractivity contribution is -0.144. The maximum Gasteiger partial charge on any atom is 0.408 e. The molecule has 0 aliphatic heterocycles.